The van der Waals surface area contributed by atoms with Gasteiger partial charge in [-0.25, -0.2) is 13.8 Å². The first-order chi connectivity index (χ1) is 16.4. The highest BCUT2D eigenvalue weighted by molar-refractivity contribution is 6.34. The predicted molar refractivity (Wildman–Crippen MR) is 132 cm³/mol. The minimum Gasteiger partial charge on any atom is -0.507 e. The SMILES string of the molecule is CN1CCC(Nc2nc(N3CCCCC3)c3cc(Cl)c(-c4c(O)cccc4F)c(F)c3n2)CC1. The molecule has 2 aliphatic heterocycles. The summed E-state index contributed by atoms with van der Waals surface area (Å²) in [4.78, 5) is 13.7. The molecule has 0 radical (unpaired) electrons. The van der Waals surface area contributed by atoms with Gasteiger partial charge >= 0.3 is 0 Å². The Labute approximate surface area is 202 Å². The van der Waals surface area contributed by atoms with Crippen molar-refractivity contribution in [3.05, 3.63) is 40.9 Å². The normalized spacial score (nSPS) is 17.9. The van der Waals surface area contributed by atoms with Gasteiger partial charge in [-0.3, -0.25) is 0 Å². The van der Waals surface area contributed by atoms with Crippen LogP contribution in [0.2, 0.25) is 5.02 Å². The number of fused-ring (bicyclic) bond motifs is 1. The van der Waals surface area contributed by atoms with Crippen LogP contribution < -0.4 is 10.2 Å². The van der Waals surface area contributed by atoms with Gasteiger partial charge in [0.2, 0.25) is 5.95 Å². The smallest absolute Gasteiger partial charge is 0.225 e. The molecule has 0 spiro atoms. The lowest BCUT2D eigenvalue weighted by atomic mass is 10.0. The Morgan fingerprint density at radius 2 is 1.76 bits per heavy atom. The summed E-state index contributed by atoms with van der Waals surface area (Å²) >= 11 is 6.49. The maximum Gasteiger partial charge on any atom is 0.225 e. The molecule has 0 amide bonds. The highest BCUT2D eigenvalue weighted by atomic mass is 35.5. The second-order valence-corrected chi connectivity index (χ2v) is 9.63. The number of piperidine rings is 2. The molecule has 0 aliphatic carbocycles. The van der Waals surface area contributed by atoms with Crippen LogP contribution in [0.3, 0.4) is 0 Å². The summed E-state index contributed by atoms with van der Waals surface area (Å²) in [5.74, 6) is -0.918. The third-order valence-electron chi connectivity index (χ3n) is 6.81. The predicted octanol–water partition coefficient (Wildman–Crippen LogP) is 5.43. The highest BCUT2D eigenvalue weighted by Gasteiger charge is 2.26. The van der Waals surface area contributed by atoms with Crippen molar-refractivity contribution >= 4 is 34.3 Å². The highest BCUT2D eigenvalue weighted by Crippen LogP contribution is 2.42. The number of likely N-dealkylation sites (tertiary alicyclic amines) is 1. The van der Waals surface area contributed by atoms with Crippen LogP contribution in [0.15, 0.2) is 24.3 Å². The van der Waals surface area contributed by atoms with E-state index in [1.807, 2.05) is 0 Å². The molecule has 3 heterocycles. The van der Waals surface area contributed by atoms with Gasteiger partial charge in [-0.05, 0) is 70.4 Å². The zero-order valence-electron chi connectivity index (χ0n) is 19.1. The summed E-state index contributed by atoms with van der Waals surface area (Å²) in [6.07, 6.45) is 5.08. The molecule has 5 rings (SSSR count). The Kier molecular flexibility index (Phi) is 6.44. The zero-order valence-corrected chi connectivity index (χ0v) is 19.9. The minimum atomic E-state index is -0.769. The average Bonchev–Trinajstić information content (AvgIpc) is 2.83. The lowest BCUT2D eigenvalue weighted by Crippen LogP contribution is -2.37. The lowest BCUT2D eigenvalue weighted by Gasteiger charge is -2.31. The van der Waals surface area contributed by atoms with E-state index in [-0.39, 0.29) is 33.5 Å². The first-order valence-electron chi connectivity index (χ1n) is 11.8. The van der Waals surface area contributed by atoms with Gasteiger partial charge in [-0.15, -0.1) is 0 Å². The molecule has 0 saturated carbocycles. The van der Waals surface area contributed by atoms with Crippen LogP contribution in [0, 0.1) is 11.6 Å². The monoisotopic (exact) mass is 487 g/mol. The van der Waals surface area contributed by atoms with E-state index >= 15 is 4.39 Å². The molecule has 180 valence electrons. The van der Waals surface area contributed by atoms with E-state index < -0.39 is 11.6 Å². The molecule has 0 bridgehead atoms. The first kappa shape index (κ1) is 23.1. The Morgan fingerprint density at radius 1 is 1.03 bits per heavy atom. The van der Waals surface area contributed by atoms with Crippen LogP contribution in [0.25, 0.3) is 22.0 Å². The largest absolute Gasteiger partial charge is 0.507 e. The van der Waals surface area contributed by atoms with Crippen molar-refractivity contribution in [1.29, 1.82) is 0 Å². The second-order valence-electron chi connectivity index (χ2n) is 9.22. The Balaban J connectivity index is 1.66. The third kappa shape index (κ3) is 4.36. The molecule has 2 N–H and O–H groups in total. The zero-order chi connectivity index (χ0) is 23.8. The van der Waals surface area contributed by atoms with Crippen molar-refractivity contribution < 1.29 is 13.9 Å². The molecule has 2 aromatic carbocycles. The molecular weight excluding hydrogens is 460 g/mol. The van der Waals surface area contributed by atoms with Gasteiger partial charge in [-0.1, -0.05) is 17.7 Å². The molecule has 0 atom stereocenters. The summed E-state index contributed by atoms with van der Waals surface area (Å²) in [5, 5.41) is 14.2. The number of halogens is 3. The van der Waals surface area contributed by atoms with Crippen molar-refractivity contribution in [2.45, 2.75) is 38.1 Å². The number of nitrogens with zero attached hydrogens (tertiary/aromatic N) is 4. The van der Waals surface area contributed by atoms with Crippen LogP contribution in [-0.4, -0.2) is 59.2 Å². The molecule has 3 aromatic rings. The van der Waals surface area contributed by atoms with E-state index in [0.29, 0.717) is 17.2 Å². The molecule has 2 saturated heterocycles. The number of phenolic OH excluding ortho intramolecular Hbond substituents is 1. The summed E-state index contributed by atoms with van der Waals surface area (Å²) in [7, 11) is 2.09. The standard InChI is InChI=1S/C25H28ClF2N5O/c1-32-12-8-15(9-13-32)29-25-30-23-16(24(31-25)33-10-3-2-4-11-33)14-17(26)20(22(23)28)21-18(27)6-5-7-19(21)34/h5-7,14-15,34H,2-4,8-13H2,1H3,(H,29,30,31). The molecule has 34 heavy (non-hydrogen) atoms. The van der Waals surface area contributed by atoms with Crippen molar-refractivity contribution in [3.63, 3.8) is 0 Å². The fourth-order valence-electron chi connectivity index (χ4n) is 4.92. The second kappa shape index (κ2) is 9.50. The number of rotatable bonds is 4. The molecule has 6 nitrogen and oxygen atoms in total. The molecule has 9 heteroatoms. The van der Waals surface area contributed by atoms with Crippen LogP contribution in [0.5, 0.6) is 5.75 Å². The van der Waals surface area contributed by atoms with Crippen LogP contribution in [0.4, 0.5) is 20.5 Å². The minimum absolute atomic E-state index is 0.00304. The van der Waals surface area contributed by atoms with Gasteiger partial charge in [0, 0.05) is 30.1 Å². The van der Waals surface area contributed by atoms with Gasteiger partial charge < -0.3 is 20.2 Å². The van der Waals surface area contributed by atoms with Crippen molar-refractivity contribution in [1.82, 2.24) is 14.9 Å². The molecule has 2 aliphatic rings. The van der Waals surface area contributed by atoms with Gasteiger partial charge in [0.25, 0.3) is 0 Å². The summed E-state index contributed by atoms with van der Waals surface area (Å²) in [5.41, 5.74) is -0.402. The van der Waals surface area contributed by atoms with E-state index in [1.165, 1.54) is 18.2 Å². The number of anilines is 2. The van der Waals surface area contributed by atoms with Crippen molar-refractivity contribution in [2.75, 3.05) is 43.4 Å². The molecule has 0 unspecified atom stereocenters. The summed E-state index contributed by atoms with van der Waals surface area (Å²) in [6.45, 7) is 3.56. The summed E-state index contributed by atoms with van der Waals surface area (Å²) in [6, 6.07) is 5.62. The molecule has 2 fully saturated rings. The van der Waals surface area contributed by atoms with Gasteiger partial charge in [0.1, 0.15) is 22.9 Å². The average molecular weight is 488 g/mol. The van der Waals surface area contributed by atoms with E-state index in [0.717, 1.165) is 58.3 Å². The number of hydrogen-bond acceptors (Lipinski definition) is 6. The maximum absolute atomic E-state index is 16.0. The number of aromatic nitrogens is 2. The molecular formula is C25H28ClF2N5O. The molecule has 1 aromatic heterocycles. The summed E-state index contributed by atoms with van der Waals surface area (Å²) < 4.78 is 30.7. The van der Waals surface area contributed by atoms with Gasteiger partial charge in [0.05, 0.1) is 10.6 Å². The number of hydrogen-bond donors (Lipinski definition) is 2. The van der Waals surface area contributed by atoms with Crippen molar-refractivity contribution in [2.24, 2.45) is 0 Å². The maximum atomic E-state index is 16.0. The van der Waals surface area contributed by atoms with E-state index in [1.54, 1.807) is 6.07 Å². The van der Waals surface area contributed by atoms with Gasteiger partial charge in [-0.2, -0.15) is 4.98 Å². The number of benzene rings is 2. The fraction of sp³-hybridized carbons (Fsp3) is 0.440. The quantitative estimate of drug-likeness (QED) is 0.511. The van der Waals surface area contributed by atoms with E-state index in [4.69, 9.17) is 16.6 Å². The Hall–Kier alpha value is -2.71. The topological polar surface area (TPSA) is 64.5 Å². The van der Waals surface area contributed by atoms with Crippen LogP contribution in [-0.2, 0) is 0 Å². The van der Waals surface area contributed by atoms with Gasteiger partial charge in [0.15, 0.2) is 5.82 Å². The van der Waals surface area contributed by atoms with E-state index in [2.05, 4.69) is 27.1 Å². The number of nitrogens with one attached hydrogen (secondary N) is 1. The van der Waals surface area contributed by atoms with Crippen LogP contribution in [0.1, 0.15) is 32.1 Å². The van der Waals surface area contributed by atoms with E-state index in [9.17, 15) is 9.50 Å². The number of phenols is 1. The Morgan fingerprint density at radius 3 is 2.47 bits per heavy atom. The van der Waals surface area contributed by atoms with Crippen LogP contribution >= 0.6 is 11.6 Å². The van der Waals surface area contributed by atoms with Crippen molar-refractivity contribution in [3.8, 4) is 16.9 Å². The lowest BCUT2D eigenvalue weighted by molar-refractivity contribution is 0.263. The first-order valence-corrected chi connectivity index (χ1v) is 12.2. The fourth-order valence-corrected chi connectivity index (χ4v) is 5.20. The number of aromatic hydroxyl groups is 1. The third-order valence-corrected chi connectivity index (χ3v) is 7.11. The Bertz CT molecular complexity index is 1190.